The van der Waals surface area contributed by atoms with Gasteiger partial charge in [0.1, 0.15) is 21.7 Å². The van der Waals surface area contributed by atoms with Gasteiger partial charge in [-0.1, -0.05) is 26.7 Å². The Morgan fingerprint density at radius 2 is 1.29 bits per heavy atom. The molecule has 0 saturated heterocycles. The average molecular weight is 332 g/mol. The number of unbranched alkanes of at least 4 members (excludes halogenated alkanes) is 2. The Labute approximate surface area is 136 Å². The van der Waals surface area contributed by atoms with Gasteiger partial charge in [0.05, 0.1) is 13.2 Å². The van der Waals surface area contributed by atoms with Crippen LogP contribution in [0.25, 0.3) is 0 Å². The summed E-state index contributed by atoms with van der Waals surface area (Å²) in [4.78, 5) is 0. The lowest BCUT2D eigenvalue weighted by Gasteiger charge is -2.17. The molecule has 21 heavy (non-hydrogen) atoms. The van der Waals surface area contributed by atoms with Crippen LogP contribution in [0.4, 0.5) is 0 Å². The second-order valence-electron chi connectivity index (χ2n) is 4.26. The lowest BCUT2D eigenvalue weighted by molar-refractivity contribution is -0.00777. The summed E-state index contributed by atoms with van der Waals surface area (Å²) in [6.45, 7) is 6.07. The molecular weight excluding hydrogens is 308 g/mol. The molecule has 0 aliphatic carbocycles. The van der Waals surface area contributed by atoms with Crippen molar-refractivity contribution in [2.75, 3.05) is 26.4 Å². The van der Waals surface area contributed by atoms with Gasteiger partial charge in [0.25, 0.3) is 0 Å². The molecule has 2 atom stereocenters. The molecule has 5 nitrogen and oxygen atoms in total. The van der Waals surface area contributed by atoms with E-state index in [1.54, 1.807) is 0 Å². The highest BCUT2D eigenvalue weighted by Crippen LogP contribution is 2.15. The van der Waals surface area contributed by atoms with Gasteiger partial charge >= 0.3 is 0 Å². The van der Waals surface area contributed by atoms with Crippen LogP contribution in [0, 0.1) is 21.3 Å². The molecule has 0 N–H and O–H groups in total. The fourth-order valence-electron chi connectivity index (χ4n) is 1.33. The minimum absolute atomic E-state index is 0.287. The van der Waals surface area contributed by atoms with E-state index < -0.39 is 0 Å². The summed E-state index contributed by atoms with van der Waals surface area (Å²) in [5.41, 5.74) is -0.574. The van der Waals surface area contributed by atoms with Gasteiger partial charge in [-0.15, -0.1) is 0 Å². The first-order chi connectivity index (χ1) is 10.3. The number of rotatable bonds is 14. The van der Waals surface area contributed by atoms with Crippen LogP contribution >= 0.6 is 23.5 Å². The third kappa shape index (κ3) is 13.0. The molecule has 0 aromatic carbocycles. The van der Waals surface area contributed by atoms with E-state index in [0.717, 1.165) is 49.2 Å². The van der Waals surface area contributed by atoms with Crippen LogP contribution in [-0.2, 0) is 14.2 Å². The lowest BCUT2D eigenvalue weighted by atomic mass is 10.4. The Balaban J connectivity index is 3.95. The molecule has 0 spiro atoms. The summed E-state index contributed by atoms with van der Waals surface area (Å²) in [5.74, 6) is 0. The maximum absolute atomic E-state index is 8.73. The average Bonchev–Trinajstić information content (AvgIpc) is 2.47. The number of nitriles is 2. The predicted octanol–water partition coefficient (Wildman–Crippen LogP) is 3.72. The molecule has 0 aliphatic rings. The number of nitrogens with zero attached hydrogens (tertiary/aromatic N) is 2. The van der Waals surface area contributed by atoms with Gasteiger partial charge < -0.3 is 14.2 Å². The van der Waals surface area contributed by atoms with Gasteiger partial charge in [-0.2, -0.15) is 10.5 Å². The Kier molecular flexibility index (Phi) is 15.6. The van der Waals surface area contributed by atoms with E-state index >= 15 is 0 Å². The summed E-state index contributed by atoms with van der Waals surface area (Å²) >= 11 is 2.12. The maximum atomic E-state index is 8.73. The molecule has 0 aromatic heterocycles. The van der Waals surface area contributed by atoms with Crippen molar-refractivity contribution >= 4 is 23.5 Å². The van der Waals surface area contributed by atoms with Gasteiger partial charge in [0, 0.05) is 13.2 Å². The van der Waals surface area contributed by atoms with Crippen molar-refractivity contribution in [3.05, 3.63) is 0 Å². The fourth-order valence-corrected chi connectivity index (χ4v) is 2.22. The molecule has 0 aliphatic heterocycles. The van der Waals surface area contributed by atoms with Crippen molar-refractivity contribution in [3.8, 4) is 10.8 Å². The SMILES string of the molecule is CCCCOC(COCC(OCCCC)SC#N)SC#N. The molecule has 7 heteroatoms. The van der Waals surface area contributed by atoms with E-state index in [0.29, 0.717) is 26.4 Å². The molecule has 2 unspecified atom stereocenters. The second-order valence-corrected chi connectivity index (χ2v) is 6.15. The first kappa shape index (κ1) is 20.6. The van der Waals surface area contributed by atoms with Crippen molar-refractivity contribution in [2.45, 2.75) is 50.4 Å². The first-order valence-corrected chi connectivity index (χ1v) is 8.94. The predicted molar refractivity (Wildman–Crippen MR) is 86.5 cm³/mol. The van der Waals surface area contributed by atoms with Crippen LogP contribution in [0.5, 0.6) is 0 Å². The van der Waals surface area contributed by atoms with E-state index in [2.05, 4.69) is 13.8 Å². The Bertz CT molecular complexity index is 288. The highest BCUT2D eigenvalue weighted by molar-refractivity contribution is 8.04. The number of thiocyanates is 2. The largest absolute Gasteiger partial charge is 0.374 e. The van der Waals surface area contributed by atoms with E-state index in [4.69, 9.17) is 24.7 Å². The van der Waals surface area contributed by atoms with Crippen molar-refractivity contribution in [2.24, 2.45) is 0 Å². The minimum atomic E-state index is -0.287. The lowest BCUT2D eigenvalue weighted by Crippen LogP contribution is -2.22. The molecule has 0 radical (unpaired) electrons. The maximum Gasteiger partial charge on any atom is 0.140 e. The third-order valence-electron chi connectivity index (χ3n) is 2.48. The highest BCUT2D eigenvalue weighted by atomic mass is 32.2. The zero-order valence-corrected chi connectivity index (χ0v) is 14.4. The normalized spacial score (nSPS) is 13.3. The van der Waals surface area contributed by atoms with Gasteiger partial charge in [-0.3, -0.25) is 0 Å². The number of hydrogen-bond acceptors (Lipinski definition) is 7. The smallest absolute Gasteiger partial charge is 0.140 e. The summed E-state index contributed by atoms with van der Waals surface area (Å²) in [6, 6.07) is 0. The van der Waals surface area contributed by atoms with E-state index in [-0.39, 0.29) is 10.9 Å². The molecule has 0 heterocycles. The Hall–Kier alpha value is -0.440. The van der Waals surface area contributed by atoms with Crippen molar-refractivity contribution in [3.63, 3.8) is 0 Å². The summed E-state index contributed by atoms with van der Waals surface area (Å²) in [5, 5.41) is 21.5. The summed E-state index contributed by atoms with van der Waals surface area (Å²) < 4.78 is 16.7. The van der Waals surface area contributed by atoms with Crippen LogP contribution in [-0.4, -0.2) is 37.3 Å². The highest BCUT2D eigenvalue weighted by Gasteiger charge is 2.14. The number of ether oxygens (including phenoxy) is 3. The Morgan fingerprint density at radius 3 is 1.62 bits per heavy atom. The number of hydrogen-bond donors (Lipinski definition) is 0. The molecule has 120 valence electrons. The molecule has 0 rings (SSSR count). The summed E-state index contributed by atoms with van der Waals surface area (Å²) in [6.07, 6.45) is 4.04. The minimum Gasteiger partial charge on any atom is -0.374 e. The van der Waals surface area contributed by atoms with Crippen molar-refractivity contribution in [1.82, 2.24) is 0 Å². The van der Waals surface area contributed by atoms with E-state index in [9.17, 15) is 0 Å². The van der Waals surface area contributed by atoms with Crippen LogP contribution in [0.1, 0.15) is 39.5 Å². The third-order valence-corrected chi connectivity index (χ3v) is 3.76. The summed E-state index contributed by atoms with van der Waals surface area (Å²) in [7, 11) is 0. The van der Waals surface area contributed by atoms with E-state index in [1.165, 1.54) is 0 Å². The second kappa shape index (κ2) is 15.9. The number of thioether (sulfide) groups is 2. The topological polar surface area (TPSA) is 75.3 Å². The zero-order valence-electron chi connectivity index (χ0n) is 12.7. The zero-order chi connectivity index (χ0) is 15.8. The van der Waals surface area contributed by atoms with Crippen LogP contribution in [0.15, 0.2) is 0 Å². The van der Waals surface area contributed by atoms with Crippen LogP contribution < -0.4 is 0 Å². The molecule has 0 aromatic rings. The molecular formula is C14H24N2O3S2. The molecule has 0 fully saturated rings. The van der Waals surface area contributed by atoms with Crippen molar-refractivity contribution < 1.29 is 14.2 Å². The van der Waals surface area contributed by atoms with Crippen LogP contribution in [0.3, 0.4) is 0 Å². The van der Waals surface area contributed by atoms with E-state index in [1.807, 2.05) is 10.8 Å². The van der Waals surface area contributed by atoms with Gasteiger partial charge in [-0.25, -0.2) is 0 Å². The standard InChI is InChI=1S/C14H24N2O3S2/c1-3-5-7-18-13(20-11-15)9-17-10-14(21-12-16)19-8-6-4-2/h13-14H,3-10H2,1-2H3. The molecule has 0 amide bonds. The quantitative estimate of drug-likeness (QED) is 0.272. The molecule has 0 saturated carbocycles. The fraction of sp³-hybridized carbons (Fsp3) is 0.857. The first-order valence-electron chi connectivity index (χ1n) is 7.18. The monoisotopic (exact) mass is 332 g/mol. The van der Waals surface area contributed by atoms with Gasteiger partial charge in [0.15, 0.2) is 0 Å². The van der Waals surface area contributed by atoms with Gasteiger partial charge in [0.2, 0.25) is 0 Å². The van der Waals surface area contributed by atoms with Crippen LogP contribution in [0.2, 0.25) is 0 Å². The Morgan fingerprint density at radius 1 is 0.857 bits per heavy atom. The van der Waals surface area contributed by atoms with Gasteiger partial charge in [-0.05, 0) is 36.4 Å². The molecule has 0 bridgehead atoms. The van der Waals surface area contributed by atoms with Crippen molar-refractivity contribution in [1.29, 1.82) is 10.5 Å².